The van der Waals surface area contributed by atoms with Crippen LogP contribution < -0.4 is 5.32 Å². The van der Waals surface area contributed by atoms with Crippen molar-refractivity contribution >= 4 is 0 Å². The third-order valence-corrected chi connectivity index (χ3v) is 3.96. The van der Waals surface area contributed by atoms with Gasteiger partial charge in [0.2, 0.25) is 0 Å². The summed E-state index contributed by atoms with van der Waals surface area (Å²) in [6.45, 7) is 2.17. The van der Waals surface area contributed by atoms with Gasteiger partial charge in [0.1, 0.15) is 5.82 Å². The lowest BCUT2D eigenvalue weighted by atomic mass is 9.95. The highest BCUT2D eigenvalue weighted by Crippen LogP contribution is 2.20. The number of benzene rings is 1. The first kappa shape index (κ1) is 13.5. The molecule has 1 atom stereocenters. The predicted octanol–water partition coefficient (Wildman–Crippen LogP) is 4.59. The lowest BCUT2D eigenvalue weighted by molar-refractivity contribution is 0.362. The Balaban J connectivity index is 1.88. The molecule has 1 fully saturated rings. The molecule has 0 amide bonds. The average molecular weight is 249 g/mol. The van der Waals surface area contributed by atoms with Crippen LogP contribution in [0.25, 0.3) is 0 Å². The van der Waals surface area contributed by atoms with E-state index >= 15 is 0 Å². The molecule has 1 N–H and O–H groups in total. The van der Waals surface area contributed by atoms with Gasteiger partial charge in [-0.3, -0.25) is 0 Å². The van der Waals surface area contributed by atoms with Gasteiger partial charge < -0.3 is 5.32 Å². The maximum atomic E-state index is 12.9. The van der Waals surface area contributed by atoms with E-state index in [1.165, 1.54) is 50.5 Å². The smallest absolute Gasteiger partial charge is 0.123 e. The zero-order chi connectivity index (χ0) is 12.8. The summed E-state index contributed by atoms with van der Waals surface area (Å²) < 4.78 is 12.9. The summed E-state index contributed by atoms with van der Waals surface area (Å²) >= 11 is 0. The normalized spacial score (nSPS) is 20.1. The van der Waals surface area contributed by atoms with Crippen LogP contribution in [0.15, 0.2) is 24.3 Å². The van der Waals surface area contributed by atoms with Gasteiger partial charge in [0.25, 0.3) is 0 Å². The maximum absolute atomic E-state index is 12.9. The molecular weight excluding hydrogens is 225 g/mol. The lowest BCUT2D eigenvalue weighted by Gasteiger charge is -2.25. The predicted molar refractivity (Wildman–Crippen MR) is 74.1 cm³/mol. The summed E-state index contributed by atoms with van der Waals surface area (Å²) in [5.74, 6) is -0.156. The van der Waals surface area contributed by atoms with Gasteiger partial charge in [-0.25, -0.2) is 4.39 Å². The van der Waals surface area contributed by atoms with Gasteiger partial charge in [-0.15, -0.1) is 0 Å². The Morgan fingerprint density at radius 1 is 1.00 bits per heavy atom. The van der Waals surface area contributed by atoms with Crippen LogP contribution in [0.5, 0.6) is 0 Å². The number of hydrogen-bond donors (Lipinski definition) is 1. The Kier molecular flexibility index (Phi) is 5.18. The van der Waals surface area contributed by atoms with Gasteiger partial charge in [0, 0.05) is 12.1 Å². The van der Waals surface area contributed by atoms with Crippen molar-refractivity contribution in [3.63, 3.8) is 0 Å². The first-order valence-corrected chi connectivity index (χ1v) is 7.27. The quantitative estimate of drug-likeness (QED) is 0.826. The number of hydrogen-bond acceptors (Lipinski definition) is 1. The van der Waals surface area contributed by atoms with Crippen LogP contribution in [0.3, 0.4) is 0 Å². The Morgan fingerprint density at radius 3 is 2.17 bits per heavy atom. The Hall–Kier alpha value is -0.890. The fraction of sp³-hybridized carbons (Fsp3) is 0.625. The minimum atomic E-state index is -0.156. The molecule has 1 aromatic carbocycles. The van der Waals surface area contributed by atoms with E-state index in [-0.39, 0.29) is 5.82 Å². The largest absolute Gasteiger partial charge is 0.307 e. The molecule has 0 aromatic heterocycles. The van der Waals surface area contributed by atoms with Gasteiger partial charge >= 0.3 is 0 Å². The second-order valence-corrected chi connectivity index (χ2v) is 5.48. The summed E-state index contributed by atoms with van der Waals surface area (Å²) in [5.41, 5.74) is 1.18. The fourth-order valence-corrected chi connectivity index (χ4v) is 2.82. The van der Waals surface area contributed by atoms with E-state index in [1.807, 2.05) is 12.1 Å². The Bertz CT molecular complexity index is 339. The van der Waals surface area contributed by atoms with E-state index in [1.54, 1.807) is 12.1 Å². The molecule has 1 unspecified atom stereocenters. The third-order valence-electron chi connectivity index (χ3n) is 3.96. The second-order valence-electron chi connectivity index (χ2n) is 5.48. The highest BCUT2D eigenvalue weighted by atomic mass is 19.1. The van der Waals surface area contributed by atoms with Crippen LogP contribution in [-0.4, -0.2) is 6.04 Å². The van der Waals surface area contributed by atoms with Crippen LogP contribution in [0.4, 0.5) is 4.39 Å². The van der Waals surface area contributed by atoms with Crippen molar-refractivity contribution in [1.29, 1.82) is 0 Å². The monoisotopic (exact) mass is 249 g/mol. The zero-order valence-corrected chi connectivity index (χ0v) is 11.3. The zero-order valence-electron chi connectivity index (χ0n) is 11.3. The van der Waals surface area contributed by atoms with Crippen LogP contribution >= 0.6 is 0 Å². The molecule has 0 radical (unpaired) electrons. The Morgan fingerprint density at radius 2 is 1.56 bits per heavy atom. The van der Waals surface area contributed by atoms with Gasteiger partial charge in [-0.05, 0) is 37.5 Å². The second kappa shape index (κ2) is 6.89. The van der Waals surface area contributed by atoms with E-state index in [4.69, 9.17) is 0 Å². The number of rotatable bonds is 3. The van der Waals surface area contributed by atoms with Crippen LogP contribution in [0.2, 0.25) is 0 Å². The van der Waals surface area contributed by atoms with Crippen molar-refractivity contribution < 1.29 is 4.39 Å². The van der Waals surface area contributed by atoms with Gasteiger partial charge in [0.15, 0.2) is 0 Å². The molecule has 100 valence electrons. The van der Waals surface area contributed by atoms with E-state index in [0.29, 0.717) is 12.1 Å². The number of halogens is 1. The number of nitrogens with one attached hydrogen (secondary N) is 1. The summed E-state index contributed by atoms with van der Waals surface area (Å²) in [5, 5.41) is 3.70. The minimum Gasteiger partial charge on any atom is -0.307 e. The molecular formula is C16H24FN. The van der Waals surface area contributed by atoms with E-state index in [2.05, 4.69) is 12.2 Å². The van der Waals surface area contributed by atoms with Crippen molar-refractivity contribution in [2.24, 2.45) is 0 Å². The summed E-state index contributed by atoms with van der Waals surface area (Å²) in [6.07, 6.45) is 9.41. The topological polar surface area (TPSA) is 12.0 Å². The molecule has 1 aromatic rings. The molecule has 0 heterocycles. The Labute approximate surface area is 110 Å². The molecule has 1 aliphatic carbocycles. The van der Waals surface area contributed by atoms with Crippen molar-refractivity contribution in [2.75, 3.05) is 0 Å². The first-order chi connectivity index (χ1) is 8.75. The fourth-order valence-electron chi connectivity index (χ4n) is 2.82. The molecule has 0 aliphatic heterocycles. The lowest BCUT2D eigenvalue weighted by Crippen LogP contribution is -2.32. The molecule has 1 saturated carbocycles. The maximum Gasteiger partial charge on any atom is 0.123 e. The molecule has 1 nitrogen and oxygen atoms in total. The minimum absolute atomic E-state index is 0.156. The van der Waals surface area contributed by atoms with E-state index in [0.717, 1.165) is 0 Å². The third kappa shape index (κ3) is 4.09. The molecule has 0 saturated heterocycles. The molecule has 0 spiro atoms. The van der Waals surface area contributed by atoms with Gasteiger partial charge in [-0.2, -0.15) is 0 Å². The van der Waals surface area contributed by atoms with Crippen molar-refractivity contribution in [3.05, 3.63) is 35.6 Å². The molecule has 1 aliphatic rings. The van der Waals surface area contributed by atoms with Crippen molar-refractivity contribution in [2.45, 2.75) is 64.0 Å². The summed E-state index contributed by atoms with van der Waals surface area (Å²) in [7, 11) is 0. The SMILES string of the molecule is CC(NC1CCCCCCC1)c1ccc(F)cc1. The van der Waals surface area contributed by atoms with Crippen molar-refractivity contribution in [1.82, 2.24) is 5.32 Å². The summed E-state index contributed by atoms with van der Waals surface area (Å²) in [4.78, 5) is 0. The van der Waals surface area contributed by atoms with Gasteiger partial charge in [0.05, 0.1) is 0 Å². The van der Waals surface area contributed by atoms with Crippen LogP contribution in [0.1, 0.15) is 63.5 Å². The molecule has 0 bridgehead atoms. The molecule has 2 heteroatoms. The highest BCUT2D eigenvalue weighted by Gasteiger charge is 2.14. The van der Waals surface area contributed by atoms with Crippen molar-refractivity contribution in [3.8, 4) is 0 Å². The molecule has 2 rings (SSSR count). The van der Waals surface area contributed by atoms with E-state index < -0.39 is 0 Å². The van der Waals surface area contributed by atoms with Gasteiger partial charge in [-0.1, -0.05) is 44.2 Å². The van der Waals surface area contributed by atoms with Crippen LogP contribution in [-0.2, 0) is 0 Å². The average Bonchev–Trinajstić information content (AvgIpc) is 2.33. The molecule has 18 heavy (non-hydrogen) atoms. The standard InChI is InChI=1S/C16H24FN/c1-13(14-9-11-15(17)12-10-14)18-16-7-5-3-2-4-6-8-16/h9-13,16,18H,2-8H2,1H3. The van der Waals surface area contributed by atoms with E-state index in [9.17, 15) is 4.39 Å². The highest BCUT2D eigenvalue weighted by molar-refractivity contribution is 5.19. The summed E-state index contributed by atoms with van der Waals surface area (Å²) in [6, 6.07) is 7.81. The van der Waals surface area contributed by atoms with Crippen LogP contribution in [0, 0.1) is 5.82 Å². The first-order valence-electron chi connectivity index (χ1n) is 7.27.